The van der Waals surface area contributed by atoms with Gasteiger partial charge in [-0.05, 0) is 94.7 Å². The molecule has 2 heterocycles. The van der Waals surface area contributed by atoms with Crippen LogP contribution in [0.15, 0.2) is 264 Å². The van der Waals surface area contributed by atoms with Crippen molar-refractivity contribution in [1.29, 1.82) is 0 Å². The summed E-state index contributed by atoms with van der Waals surface area (Å²) in [7, 11) is 0. The molecule has 10 aromatic carbocycles. The van der Waals surface area contributed by atoms with Crippen LogP contribution in [0.4, 0.5) is 28.4 Å². The molecule has 0 aliphatic heterocycles. The zero-order valence-corrected chi connectivity index (χ0v) is 38.6. The van der Waals surface area contributed by atoms with Crippen molar-refractivity contribution in [3.63, 3.8) is 0 Å². The van der Waals surface area contributed by atoms with Gasteiger partial charge in [0.1, 0.15) is 22.5 Å². The van der Waals surface area contributed by atoms with Crippen molar-refractivity contribution in [3.8, 4) is 28.0 Å². The first-order valence-electron chi connectivity index (χ1n) is 23.4. The number of phenols is 1. The number of para-hydroxylation sites is 3. The molecule has 0 fully saturated rings. The summed E-state index contributed by atoms with van der Waals surface area (Å²) >= 11 is 0. The van der Waals surface area contributed by atoms with Gasteiger partial charge in [-0.15, -0.1) is 0 Å². The largest absolute Gasteiger partial charge is 0.507 e. The second kappa shape index (κ2) is 19.1. The molecule has 0 saturated heterocycles. The molecule has 0 radical (unpaired) electrons. The normalized spacial score (nSPS) is 11.6. The minimum Gasteiger partial charge on any atom is -0.507 e. The van der Waals surface area contributed by atoms with E-state index in [2.05, 4.69) is 162 Å². The van der Waals surface area contributed by atoms with E-state index < -0.39 is 0 Å². The molecule has 5 heteroatoms. The van der Waals surface area contributed by atoms with Crippen LogP contribution in [0.2, 0.25) is 0 Å². The Balaban J connectivity index is 0.000000359. The number of anilines is 5. The lowest BCUT2D eigenvalue weighted by Gasteiger charge is -2.27. The van der Waals surface area contributed by atoms with Crippen molar-refractivity contribution in [2.45, 2.75) is 6.92 Å². The molecule has 0 bridgehead atoms. The van der Waals surface area contributed by atoms with Crippen LogP contribution in [0, 0.1) is 0 Å². The van der Waals surface area contributed by atoms with Gasteiger partial charge in [-0.2, -0.15) is 0 Å². The molecular formula is C65H48N2O3. The fourth-order valence-electron chi connectivity index (χ4n) is 9.46. The minimum absolute atomic E-state index is 0.241. The standard InChI is InChI=1S/C52H34N2O3.C13H14/c55-47-22-8-6-16-39(47)35-14-10-15-38(30-35)54(37-27-24-34(25-28-37)33-12-2-1-3-13-33)46-32-50-51(42-19-5-4-17-40(42)46)44-29-26-36(31-49(44)56-50)53-45-21-11-20-43-41-18-7-9-23-48(41)57-52(43)45;1-3-8-12(9-4-2)13-10-6-5-7-11-13/h1-32,53,55H;3-11H,1H2,2H3/b;9-4-,12-8+. The molecule has 2 N–H and O–H groups in total. The van der Waals surface area contributed by atoms with Gasteiger partial charge < -0.3 is 24.2 Å². The Morgan fingerprint density at radius 3 is 1.97 bits per heavy atom. The summed E-state index contributed by atoms with van der Waals surface area (Å²) in [5.74, 6) is 0.241. The molecule has 0 spiro atoms. The molecule has 336 valence electrons. The number of benzene rings is 10. The predicted molar refractivity (Wildman–Crippen MR) is 295 cm³/mol. The molecular weight excluding hydrogens is 857 g/mol. The molecule has 0 aliphatic rings. The van der Waals surface area contributed by atoms with E-state index in [4.69, 9.17) is 8.83 Å². The smallest absolute Gasteiger partial charge is 0.158 e. The summed E-state index contributed by atoms with van der Waals surface area (Å²) < 4.78 is 13.1. The maximum Gasteiger partial charge on any atom is 0.158 e. The Morgan fingerprint density at radius 1 is 0.514 bits per heavy atom. The fourth-order valence-corrected chi connectivity index (χ4v) is 9.46. The van der Waals surface area contributed by atoms with Crippen LogP contribution < -0.4 is 10.2 Å². The van der Waals surface area contributed by atoms with E-state index in [1.54, 1.807) is 6.07 Å². The number of rotatable bonds is 10. The lowest BCUT2D eigenvalue weighted by molar-refractivity contribution is 0.477. The highest BCUT2D eigenvalue weighted by Crippen LogP contribution is 2.46. The molecule has 0 aliphatic carbocycles. The van der Waals surface area contributed by atoms with E-state index >= 15 is 0 Å². The number of hydrogen-bond donors (Lipinski definition) is 2. The van der Waals surface area contributed by atoms with E-state index in [0.717, 1.165) is 105 Å². The van der Waals surface area contributed by atoms with E-state index in [1.165, 1.54) is 11.1 Å². The van der Waals surface area contributed by atoms with Gasteiger partial charge in [-0.25, -0.2) is 0 Å². The highest BCUT2D eigenvalue weighted by molar-refractivity contribution is 6.23. The van der Waals surface area contributed by atoms with Crippen molar-refractivity contribution in [3.05, 3.63) is 261 Å². The first kappa shape index (κ1) is 43.3. The molecule has 0 amide bonds. The summed E-state index contributed by atoms with van der Waals surface area (Å²) in [6.45, 7) is 5.71. The maximum absolute atomic E-state index is 10.8. The monoisotopic (exact) mass is 904 g/mol. The van der Waals surface area contributed by atoms with E-state index in [9.17, 15) is 5.11 Å². The highest BCUT2D eigenvalue weighted by atomic mass is 16.3. The lowest BCUT2D eigenvalue weighted by Crippen LogP contribution is -2.10. The molecule has 0 atom stereocenters. The number of nitrogens with one attached hydrogen (secondary N) is 1. The third-order valence-electron chi connectivity index (χ3n) is 12.7. The van der Waals surface area contributed by atoms with E-state index in [1.807, 2.05) is 104 Å². The lowest BCUT2D eigenvalue weighted by atomic mass is 9.99. The van der Waals surface area contributed by atoms with Crippen LogP contribution in [0.1, 0.15) is 12.5 Å². The maximum atomic E-state index is 10.8. The first-order chi connectivity index (χ1) is 34.5. The van der Waals surface area contributed by atoms with Crippen LogP contribution in [0.3, 0.4) is 0 Å². The number of nitrogens with zero attached hydrogens (tertiary/aromatic N) is 1. The van der Waals surface area contributed by atoms with Crippen LogP contribution in [0.5, 0.6) is 5.75 Å². The summed E-state index contributed by atoms with van der Waals surface area (Å²) in [5.41, 5.74) is 14.4. The molecule has 70 heavy (non-hydrogen) atoms. The van der Waals surface area contributed by atoms with Crippen LogP contribution in [0.25, 0.3) is 82.5 Å². The summed E-state index contributed by atoms with van der Waals surface area (Å²) in [5, 5.41) is 20.9. The van der Waals surface area contributed by atoms with Gasteiger partial charge in [0.15, 0.2) is 5.58 Å². The Bertz CT molecular complexity index is 3900. The van der Waals surface area contributed by atoms with Crippen molar-refractivity contribution in [2.24, 2.45) is 0 Å². The zero-order chi connectivity index (χ0) is 47.4. The van der Waals surface area contributed by atoms with Gasteiger partial charge >= 0.3 is 0 Å². The van der Waals surface area contributed by atoms with Gasteiger partial charge in [0.25, 0.3) is 0 Å². The van der Waals surface area contributed by atoms with Crippen molar-refractivity contribution < 1.29 is 13.9 Å². The van der Waals surface area contributed by atoms with Crippen LogP contribution in [-0.2, 0) is 0 Å². The second-order valence-corrected chi connectivity index (χ2v) is 17.1. The van der Waals surface area contributed by atoms with Crippen molar-refractivity contribution >= 4 is 88.7 Å². The Hall–Kier alpha value is -9.32. The van der Waals surface area contributed by atoms with Gasteiger partial charge in [-0.3, -0.25) is 0 Å². The van der Waals surface area contributed by atoms with Crippen molar-refractivity contribution in [2.75, 3.05) is 10.2 Å². The number of aromatic hydroxyl groups is 1. The van der Waals surface area contributed by atoms with Gasteiger partial charge in [0.05, 0.1) is 11.4 Å². The molecule has 12 aromatic rings. The van der Waals surface area contributed by atoms with Gasteiger partial charge in [0.2, 0.25) is 0 Å². The first-order valence-corrected chi connectivity index (χ1v) is 23.4. The molecule has 0 unspecified atom stereocenters. The average Bonchev–Trinajstić information content (AvgIpc) is 3.99. The fraction of sp³-hybridized carbons (Fsp3) is 0.0154. The summed E-state index contributed by atoms with van der Waals surface area (Å²) in [6.07, 6.45) is 7.93. The number of hydrogen-bond acceptors (Lipinski definition) is 5. The minimum atomic E-state index is 0.241. The number of furan rings is 2. The van der Waals surface area contributed by atoms with E-state index in [-0.39, 0.29) is 5.75 Å². The second-order valence-electron chi connectivity index (χ2n) is 17.1. The zero-order valence-electron chi connectivity index (χ0n) is 38.6. The third-order valence-corrected chi connectivity index (χ3v) is 12.7. The van der Waals surface area contributed by atoms with Gasteiger partial charge in [0, 0.05) is 61.7 Å². The van der Waals surface area contributed by atoms with E-state index in [0.29, 0.717) is 0 Å². The molecule has 12 rings (SSSR count). The summed E-state index contributed by atoms with van der Waals surface area (Å²) in [6, 6.07) is 76.6. The topological polar surface area (TPSA) is 61.8 Å². The van der Waals surface area contributed by atoms with Crippen molar-refractivity contribution in [1.82, 2.24) is 0 Å². The quantitative estimate of drug-likeness (QED) is 0.134. The predicted octanol–water partition coefficient (Wildman–Crippen LogP) is 18.7. The highest BCUT2D eigenvalue weighted by Gasteiger charge is 2.22. The Morgan fingerprint density at radius 2 is 1.19 bits per heavy atom. The molecule has 0 saturated carbocycles. The third kappa shape index (κ3) is 8.37. The van der Waals surface area contributed by atoms with Gasteiger partial charge in [-0.1, -0.05) is 189 Å². The molecule has 2 aromatic heterocycles. The van der Waals surface area contributed by atoms with Crippen LogP contribution in [-0.4, -0.2) is 5.11 Å². The molecule has 5 nitrogen and oxygen atoms in total. The SMILES string of the molecule is C=C/C=C(\C=C/C)c1ccccc1.Oc1ccccc1-c1cccc(N(c2ccc(-c3ccccc3)cc2)c2cc3oc4cc(Nc5cccc6c5oc5ccccc56)ccc4c3c3ccccc23)c1. The number of allylic oxidation sites excluding steroid dienone is 5. The Kier molecular flexibility index (Phi) is 11.8. The van der Waals surface area contributed by atoms with Crippen LogP contribution >= 0.6 is 0 Å². The number of fused-ring (bicyclic) bond motifs is 8. The Labute approximate surface area is 406 Å². The summed E-state index contributed by atoms with van der Waals surface area (Å²) in [4.78, 5) is 2.29. The average molecular weight is 905 g/mol. The number of phenolic OH excluding ortho intramolecular Hbond substituents is 1.